The van der Waals surface area contributed by atoms with Gasteiger partial charge < -0.3 is 10.6 Å². The van der Waals surface area contributed by atoms with E-state index in [-0.39, 0.29) is 18.4 Å². The normalized spacial score (nSPS) is 10.1. The molecule has 0 aliphatic carbocycles. The Balaban J connectivity index is 1.90. The molecule has 0 fully saturated rings. The molecule has 21 heavy (non-hydrogen) atoms. The summed E-state index contributed by atoms with van der Waals surface area (Å²) in [4.78, 5) is 23.3. The molecule has 0 unspecified atom stereocenters. The number of nitrogens with zero attached hydrogens (tertiary/aromatic N) is 2. The SMILES string of the molecule is CCCNC(=O)CNC(=O)c1ccc(-n2cccn2)cc1. The largest absolute Gasteiger partial charge is 0.355 e. The van der Waals surface area contributed by atoms with E-state index in [1.165, 1.54) is 0 Å². The number of nitrogens with one attached hydrogen (secondary N) is 2. The molecule has 2 rings (SSSR count). The van der Waals surface area contributed by atoms with Crippen molar-refractivity contribution in [3.05, 3.63) is 48.3 Å². The first-order valence-corrected chi connectivity index (χ1v) is 6.85. The lowest BCUT2D eigenvalue weighted by molar-refractivity contribution is -0.120. The Morgan fingerprint density at radius 3 is 2.57 bits per heavy atom. The van der Waals surface area contributed by atoms with Crippen LogP contribution in [0.5, 0.6) is 0 Å². The van der Waals surface area contributed by atoms with Gasteiger partial charge in [-0.1, -0.05) is 6.92 Å². The number of rotatable bonds is 6. The van der Waals surface area contributed by atoms with Crippen molar-refractivity contribution in [2.45, 2.75) is 13.3 Å². The maximum atomic E-state index is 11.9. The molecular weight excluding hydrogens is 268 g/mol. The number of amides is 2. The Hall–Kier alpha value is -2.63. The lowest BCUT2D eigenvalue weighted by atomic mass is 10.2. The van der Waals surface area contributed by atoms with Crippen LogP contribution in [0.15, 0.2) is 42.7 Å². The molecule has 1 aromatic carbocycles. The molecule has 1 aromatic heterocycles. The number of aromatic nitrogens is 2. The lowest BCUT2D eigenvalue weighted by Crippen LogP contribution is -2.37. The highest BCUT2D eigenvalue weighted by molar-refractivity contribution is 5.96. The Bertz CT molecular complexity index is 591. The molecule has 2 amide bonds. The van der Waals surface area contributed by atoms with Gasteiger partial charge in [0, 0.05) is 24.5 Å². The van der Waals surface area contributed by atoms with Crippen LogP contribution in [-0.4, -0.2) is 34.7 Å². The minimum absolute atomic E-state index is 0.0141. The third-order valence-corrected chi connectivity index (χ3v) is 2.88. The molecular formula is C15H18N4O2. The maximum Gasteiger partial charge on any atom is 0.251 e. The molecule has 6 heteroatoms. The Morgan fingerprint density at radius 1 is 1.19 bits per heavy atom. The first-order chi connectivity index (χ1) is 10.2. The summed E-state index contributed by atoms with van der Waals surface area (Å²) in [6.07, 6.45) is 4.39. The van der Waals surface area contributed by atoms with Crippen LogP contribution in [0.3, 0.4) is 0 Å². The zero-order valence-corrected chi connectivity index (χ0v) is 11.9. The van der Waals surface area contributed by atoms with Crippen LogP contribution in [0, 0.1) is 0 Å². The van der Waals surface area contributed by atoms with Crippen LogP contribution in [0.2, 0.25) is 0 Å². The van der Waals surface area contributed by atoms with E-state index in [1.54, 1.807) is 35.1 Å². The molecule has 0 aliphatic rings. The fourth-order valence-corrected chi connectivity index (χ4v) is 1.78. The number of carbonyl (C=O) groups is 2. The van der Waals surface area contributed by atoms with Crippen LogP contribution in [0.1, 0.15) is 23.7 Å². The lowest BCUT2D eigenvalue weighted by Gasteiger charge is -2.07. The van der Waals surface area contributed by atoms with Crippen molar-refractivity contribution in [2.24, 2.45) is 0 Å². The summed E-state index contributed by atoms with van der Waals surface area (Å²) in [5.74, 6) is -0.452. The standard InChI is InChI=1S/C15H18N4O2/c1-2-8-16-14(20)11-17-15(21)12-4-6-13(7-5-12)19-10-3-9-18-19/h3-7,9-10H,2,8,11H2,1H3,(H,16,20)(H,17,21). The van der Waals surface area contributed by atoms with Crippen molar-refractivity contribution in [3.63, 3.8) is 0 Å². The van der Waals surface area contributed by atoms with E-state index >= 15 is 0 Å². The van der Waals surface area contributed by atoms with Gasteiger partial charge >= 0.3 is 0 Å². The van der Waals surface area contributed by atoms with Crippen molar-refractivity contribution in [1.82, 2.24) is 20.4 Å². The third kappa shape index (κ3) is 4.17. The van der Waals surface area contributed by atoms with E-state index in [2.05, 4.69) is 15.7 Å². The molecule has 0 spiro atoms. The van der Waals surface area contributed by atoms with Crippen LogP contribution in [-0.2, 0) is 4.79 Å². The number of benzene rings is 1. The van der Waals surface area contributed by atoms with Crippen LogP contribution in [0.25, 0.3) is 5.69 Å². The van der Waals surface area contributed by atoms with E-state index < -0.39 is 0 Å². The predicted octanol–water partition coefficient (Wildman–Crippen LogP) is 1.13. The first-order valence-electron chi connectivity index (χ1n) is 6.85. The minimum atomic E-state index is -0.270. The highest BCUT2D eigenvalue weighted by Gasteiger charge is 2.07. The number of hydrogen-bond donors (Lipinski definition) is 2. The maximum absolute atomic E-state index is 11.9. The predicted molar refractivity (Wildman–Crippen MR) is 79.2 cm³/mol. The smallest absolute Gasteiger partial charge is 0.251 e. The fourth-order valence-electron chi connectivity index (χ4n) is 1.78. The summed E-state index contributed by atoms with van der Waals surface area (Å²) in [5, 5.41) is 9.40. The zero-order valence-electron chi connectivity index (χ0n) is 11.9. The second-order valence-corrected chi connectivity index (χ2v) is 4.53. The molecule has 2 aromatic rings. The monoisotopic (exact) mass is 286 g/mol. The second-order valence-electron chi connectivity index (χ2n) is 4.53. The van der Waals surface area contributed by atoms with Gasteiger partial charge in [0.2, 0.25) is 5.91 Å². The fraction of sp³-hybridized carbons (Fsp3) is 0.267. The van der Waals surface area contributed by atoms with Crippen LogP contribution < -0.4 is 10.6 Å². The molecule has 0 radical (unpaired) electrons. The van der Waals surface area contributed by atoms with Gasteiger partial charge in [-0.15, -0.1) is 0 Å². The number of carbonyl (C=O) groups excluding carboxylic acids is 2. The quantitative estimate of drug-likeness (QED) is 0.835. The molecule has 110 valence electrons. The van der Waals surface area contributed by atoms with Crippen molar-refractivity contribution in [2.75, 3.05) is 13.1 Å². The molecule has 0 saturated heterocycles. The second kappa shape index (κ2) is 7.23. The van der Waals surface area contributed by atoms with Crippen molar-refractivity contribution in [3.8, 4) is 5.69 Å². The highest BCUT2D eigenvalue weighted by Crippen LogP contribution is 2.08. The molecule has 0 bridgehead atoms. The minimum Gasteiger partial charge on any atom is -0.355 e. The average Bonchev–Trinajstić information content (AvgIpc) is 3.05. The van der Waals surface area contributed by atoms with Gasteiger partial charge in [0.05, 0.1) is 12.2 Å². The summed E-state index contributed by atoms with van der Waals surface area (Å²) < 4.78 is 1.71. The Morgan fingerprint density at radius 2 is 1.95 bits per heavy atom. The summed E-state index contributed by atoms with van der Waals surface area (Å²) in [5.41, 5.74) is 1.38. The Labute approximate surface area is 123 Å². The topological polar surface area (TPSA) is 76.0 Å². The van der Waals surface area contributed by atoms with E-state index in [0.29, 0.717) is 12.1 Å². The number of hydrogen-bond acceptors (Lipinski definition) is 3. The van der Waals surface area contributed by atoms with Crippen LogP contribution in [0.4, 0.5) is 0 Å². The van der Waals surface area contributed by atoms with Gasteiger partial charge in [0.1, 0.15) is 0 Å². The van der Waals surface area contributed by atoms with E-state index in [1.807, 2.05) is 19.2 Å². The van der Waals surface area contributed by atoms with Crippen LogP contribution >= 0.6 is 0 Å². The van der Waals surface area contributed by atoms with Gasteiger partial charge in [0.25, 0.3) is 5.91 Å². The van der Waals surface area contributed by atoms with Crippen molar-refractivity contribution >= 4 is 11.8 Å². The first kappa shape index (κ1) is 14.8. The van der Waals surface area contributed by atoms with Crippen molar-refractivity contribution < 1.29 is 9.59 Å². The summed E-state index contributed by atoms with van der Waals surface area (Å²) in [6, 6.07) is 8.85. The van der Waals surface area contributed by atoms with Gasteiger partial charge in [-0.05, 0) is 36.8 Å². The molecule has 2 N–H and O–H groups in total. The molecule has 0 atom stereocenters. The van der Waals surface area contributed by atoms with E-state index in [4.69, 9.17) is 0 Å². The molecule has 0 aliphatic heterocycles. The summed E-state index contributed by atoms with van der Waals surface area (Å²) in [7, 11) is 0. The average molecular weight is 286 g/mol. The summed E-state index contributed by atoms with van der Waals surface area (Å²) >= 11 is 0. The van der Waals surface area contributed by atoms with Crippen molar-refractivity contribution in [1.29, 1.82) is 0 Å². The molecule has 1 heterocycles. The molecule has 6 nitrogen and oxygen atoms in total. The van der Waals surface area contributed by atoms with Gasteiger partial charge in [-0.2, -0.15) is 5.10 Å². The van der Waals surface area contributed by atoms with Gasteiger partial charge in [-0.25, -0.2) is 4.68 Å². The highest BCUT2D eigenvalue weighted by atomic mass is 16.2. The van der Waals surface area contributed by atoms with Gasteiger partial charge in [0.15, 0.2) is 0 Å². The molecule has 0 saturated carbocycles. The zero-order chi connectivity index (χ0) is 15.1. The van der Waals surface area contributed by atoms with Gasteiger partial charge in [-0.3, -0.25) is 9.59 Å². The third-order valence-electron chi connectivity index (χ3n) is 2.88. The van der Waals surface area contributed by atoms with E-state index in [9.17, 15) is 9.59 Å². The summed E-state index contributed by atoms with van der Waals surface area (Å²) in [6.45, 7) is 2.58. The Kier molecular flexibility index (Phi) is 5.09. The van der Waals surface area contributed by atoms with E-state index in [0.717, 1.165) is 12.1 Å².